The summed E-state index contributed by atoms with van der Waals surface area (Å²) >= 11 is 1.56. The number of hydrogen-bond acceptors (Lipinski definition) is 4. The topological polar surface area (TPSA) is 83.5 Å². The molecule has 2 atom stereocenters. The van der Waals surface area contributed by atoms with Crippen LogP contribution in [0.1, 0.15) is 46.0 Å². The fourth-order valence-electron chi connectivity index (χ4n) is 3.31. The number of nitrogens with one attached hydrogen (secondary N) is 3. The number of likely N-dealkylation sites (N-methyl/N-ethyl adjacent to an activating group) is 1. The molecule has 1 aromatic carbocycles. The van der Waals surface area contributed by atoms with Crippen LogP contribution in [0.3, 0.4) is 0 Å². The first-order chi connectivity index (χ1) is 13.2. The van der Waals surface area contributed by atoms with Crippen molar-refractivity contribution < 1.29 is 19.3 Å². The van der Waals surface area contributed by atoms with Gasteiger partial charge in [0.25, 0.3) is 5.91 Å². The summed E-state index contributed by atoms with van der Waals surface area (Å²) < 4.78 is 0. The molecule has 2 rings (SSSR count). The van der Waals surface area contributed by atoms with E-state index >= 15 is 0 Å². The van der Waals surface area contributed by atoms with Gasteiger partial charge in [-0.15, -0.1) is 11.8 Å². The van der Waals surface area contributed by atoms with Crippen molar-refractivity contribution in [2.24, 2.45) is 0 Å². The molecule has 1 unspecified atom stereocenters. The van der Waals surface area contributed by atoms with Crippen LogP contribution < -0.4 is 10.2 Å². The Bertz CT molecular complexity index is 904. The Hall–Kier alpha value is -2.38. The molecular weight excluding hydrogens is 374 g/mol. The summed E-state index contributed by atoms with van der Waals surface area (Å²) in [6.07, 6.45) is 1.96. The number of anilines is 1. The molecule has 0 aliphatic heterocycles. The van der Waals surface area contributed by atoms with Crippen LogP contribution in [0.25, 0.3) is 0 Å². The van der Waals surface area contributed by atoms with Gasteiger partial charge in [-0.1, -0.05) is 12.1 Å². The molecule has 150 valence electrons. The normalized spacial score (nSPS) is 13.1. The van der Waals surface area contributed by atoms with Gasteiger partial charge in [0, 0.05) is 16.2 Å². The van der Waals surface area contributed by atoms with Gasteiger partial charge in [0.2, 0.25) is 5.78 Å². The van der Waals surface area contributed by atoms with Crippen molar-refractivity contribution in [2.45, 2.75) is 38.6 Å². The van der Waals surface area contributed by atoms with Crippen molar-refractivity contribution in [3.05, 3.63) is 46.8 Å². The highest BCUT2D eigenvalue weighted by molar-refractivity contribution is 7.98. The van der Waals surface area contributed by atoms with E-state index in [4.69, 9.17) is 0 Å². The number of Topliss-reactive ketones (excluding diaryl/α,β-unsaturated/α-hetero) is 2. The predicted octanol–water partition coefficient (Wildman–Crippen LogP) is 2.28. The first kappa shape index (κ1) is 21.9. The van der Waals surface area contributed by atoms with Gasteiger partial charge in [0.1, 0.15) is 0 Å². The molecule has 1 amide bonds. The quantitative estimate of drug-likeness (QED) is 0.467. The smallest absolute Gasteiger partial charge is 0.279 e. The molecule has 0 saturated carbocycles. The van der Waals surface area contributed by atoms with E-state index in [1.165, 1.54) is 6.92 Å². The molecule has 28 heavy (non-hydrogen) atoms. The third-order valence-corrected chi connectivity index (χ3v) is 5.78. The minimum Gasteiger partial charge on any atom is -0.355 e. The van der Waals surface area contributed by atoms with E-state index < -0.39 is 6.04 Å². The average molecular weight is 403 g/mol. The van der Waals surface area contributed by atoms with E-state index in [9.17, 15) is 14.4 Å². The number of hydrogen-bond donors (Lipinski definition) is 3. The van der Waals surface area contributed by atoms with Crippen LogP contribution in [0, 0.1) is 13.8 Å². The molecule has 1 aromatic heterocycles. The fourth-order valence-corrected chi connectivity index (χ4v) is 3.87. The van der Waals surface area contributed by atoms with Crippen molar-refractivity contribution in [1.82, 2.24) is 4.98 Å². The number of aromatic nitrogens is 1. The van der Waals surface area contributed by atoms with Crippen LogP contribution in [0.2, 0.25) is 0 Å². The fraction of sp³-hybridized carbons (Fsp3) is 0.381. The summed E-state index contributed by atoms with van der Waals surface area (Å²) in [5.41, 5.74) is 3.16. The van der Waals surface area contributed by atoms with Gasteiger partial charge in [-0.2, -0.15) is 0 Å². The Labute approximate surface area is 170 Å². The first-order valence-corrected chi connectivity index (χ1v) is 10.4. The van der Waals surface area contributed by atoms with Crippen LogP contribution in [-0.4, -0.2) is 48.3 Å². The van der Waals surface area contributed by atoms with E-state index in [1.807, 2.05) is 37.6 Å². The monoisotopic (exact) mass is 402 g/mol. The number of quaternary nitrogens is 1. The minimum atomic E-state index is -0.432. The van der Waals surface area contributed by atoms with Crippen LogP contribution >= 0.6 is 11.8 Å². The summed E-state index contributed by atoms with van der Waals surface area (Å²) in [6.45, 7) is 7.02. The second-order valence-electron chi connectivity index (χ2n) is 7.04. The number of carbonyl (C=O) groups is 3. The number of aryl methyl sites for hydroxylation is 1. The van der Waals surface area contributed by atoms with Gasteiger partial charge in [0.15, 0.2) is 18.4 Å². The first-order valence-electron chi connectivity index (χ1n) is 9.16. The standard InChI is InChI=1S/C21H27N3O3S/c1-12-19(15(4)25)13(2)22-20(12)21(27)14(3)24(5)11-18(26)23-16-9-7-8-10-17(16)28-6/h7-10,14,22H,11H2,1-6H3,(H,23,26)/p+1/t14-/m1/s1. The number of carbonyl (C=O) groups excluding carboxylic acids is 3. The van der Waals surface area contributed by atoms with Gasteiger partial charge in [-0.25, -0.2) is 0 Å². The molecule has 0 saturated heterocycles. The molecule has 0 spiro atoms. The largest absolute Gasteiger partial charge is 0.355 e. The Morgan fingerprint density at radius 3 is 2.43 bits per heavy atom. The maximum atomic E-state index is 12.9. The number of H-pyrrole nitrogens is 1. The summed E-state index contributed by atoms with van der Waals surface area (Å²) in [5, 5.41) is 2.92. The number of amides is 1. The number of rotatable bonds is 8. The Morgan fingerprint density at radius 2 is 1.86 bits per heavy atom. The maximum Gasteiger partial charge on any atom is 0.279 e. The van der Waals surface area contributed by atoms with Gasteiger partial charge in [-0.3, -0.25) is 14.4 Å². The van der Waals surface area contributed by atoms with Crippen molar-refractivity contribution in [3.63, 3.8) is 0 Å². The van der Waals surface area contributed by atoms with Crippen LogP contribution in [-0.2, 0) is 4.79 Å². The Morgan fingerprint density at radius 1 is 1.21 bits per heavy atom. The summed E-state index contributed by atoms with van der Waals surface area (Å²) in [6, 6.07) is 7.18. The molecule has 2 aromatic rings. The van der Waals surface area contributed by atoms with Crippen molar-refractivity contribution in [2.75, 3.05) is 25.2 Å². The second-order valence-corrected chi connectivity index (χ2v) is 7.89. The molecule has 6 nitrogen and oxygen atoms in total. The van der Waals surface area contributed by atoms with Gasteiger partial charge in [0.05, 0.1) is 18.4 Å². The lowest BCUT2D eigenvalue weighted by molar-refractivity contribution is -0.885. The predicted molar refractivity (Wildman–Crippen MR) is 113 cm³/mol. The maximum absolute atomic E-state index is 12.9. The zero-order valence-electron chi connectivity index (χ0n) is 17.2. The highest BCUT2D eigenvalue weighted by Gasteiger charge is 2.29. The van der Waals surface area contributed by atoms with E-state index in [-0.39, 0.29) is 24.0 Å². The molecule has 3 N–H and O–H groups in total. The van der Waals surface area contributed by atoms with Crippen molar-refractivity contribution in [3.8, 4) is 0 Å². The number of para-hydroxylation sites is 1. The summed E-state index contributed by atoms with van der Waals surface area (Å²) in [4.78, 5) is 42.0. The van der Waals surface area contributed by atoms with Gasteiger partial charge < -0.3 is 15.2 Å². The average Bonchev–Trinajstić information content (AvgIpc) is 2.95. The molecular formula is C21H28N3O3S+. The molecule has 7 heteroatoms. The number of thioether (sulfide) groups is 1. The number of benzene rings is 1. The Kier molecular flexibility index (Phi) is 7.21. The minimum absolute atomic E-state index is 0.0644. The van der Waals surface area contributed by atoms with E-state index in [2.05, 4.69) is 10.3 Å². The second kappa shape index (κ2) is 9.21. The number of aromatic amines is 1. The van der Waals surface area contributed by atoms with Crippen molar-refractivity contribution in [1.29, 1.82) is 0 Å². The van der Waals surface area contributed by atoms with Crippen LogP contribution in [0.5, 0.6) is 0 Å². The van der Waals surface area contributed by atoms with Gasteiger partial charge in [-0.05, 0) is 51.6 Å². The Balaban J connectivity index is 2.09. The SMILES string of the molecule is CSc1ccccc1NC(=O)C[NH+](C)[C@H](C)C(=O)c1[nH]c(C)c(C(C)=O)c1C. The molecule has 0 fully saturated rings. The highest BCUT2D eigenvalue weighted by atomic mass is 32.2. The molecule has 0 bridgehead atoms. The van der Waals surface area contributed by atoms with Crippen molar-refractivity contribution >= 4 is 34.9 Å². The van der Waals surface area contributed by atoms with Crippen LogP contribution in [0.4, 0.5) is 5.69 Å². The highest BCUT2D eigenvalue weighted by Crippen LogP contribution is 2.24. The van der Waals surface area contributed by atoms with Crippen LogP contribution in [0.15, 0.2) is 29.2 Å². The third kappa shape index (κ3) is 4.72. The molecule has 0 aliphatic rings. The lowest BCUT2D eigenvalue weighted by Crippen LogP contribution is -3.14. The van der Waals surface area contributed by atoms with Gasteiger partial charge >= 0.3 is 0 Å². The zero-order valence-corrected chi connectivity index (χ0v) is 18.0. The lowest BCUT2D eigenvalue weighted by atomic mass is 10.0. The van der Waals surface area contributed by atoms with E-state index in [0.717, 1.165) is 15.5 Å². The summed E-state index contributed by atoms with van der Waals surface area (Å²) in [7, 11) is 1.82. The zero-order chi connectivity index (χ0) is 21.0. The summed E-state index contributed by atoms with van der Waals surface area (Å²) in [5.74, 6) is -0.323. The lowest BCUT2D eigenvalue weighted by Gasteiger charge is -2.20. The molecule has 0 radical (unpaired) electrons. The number of ketones is 2. The molecule has 1 heterocycles. The van der Waals surface area contributed by atoms with E-state index in [0.29, 0.717) is 22.5 Å². The van der Waals surface area contributed by atoms with E-state index in [1.54, 1.807) is 32.5 Å². The third-order valence-electron chi connectivity index (χ3n) is 4.99. The molecule has 0 aliphatic carbocycles.